The van der Waals surface area contributed by atoms with Gasteiger partial charge in [-0.2, -0.15) is 0 Å². The zero-order valence-electron chi connectivity index (χ0n) is 9.67. The van der Waals surface area contributed by atoms with Gasteiger partial charge in [0, 0.05) is 0 Å². The van der Waals surface area contributed by atoms with E-state index in [1.807, 2.05) is 0 Å². The van der Waals surface area contributed by atoms with Crippen LogP contribution in [0.15, 0.2) is 12.1 Å². The van der Waals surface area contributed by atoms with Gasteiger partial charge >= 0.3 is 0 Å². The lowest BCUT2D eigenvalue weighted by Crippen LogP contribution is -1.97. The summed E-state index contributed by atoms with van der Waals surface area (Å²) in [6.07, 6.45) is 2.78. The van der Waals surface area contributed by atoms with Crippen LogP contribution in [0.4, 0.5) is 0 Å². The molecule has 2 heteroatoms. The number of ether oxygens (including phenoxy) is 2. The third-order valence-corrected chi connectivity index (χ3v) is 2.99. The molecule has 1 unspecified atom stereocenters. The van der Waals surface area contributed by atoms with Crippen LogP contribution in [-0.4, -0.2) is 19.8 Å². The van der Waals surface area contributed by atoms with Gasteiger partial charge in [0.1, 0.15) is 5.75 Å². The first-order valence-corrected chi connectivity index (χ1v) is 5.46. The lowest BCUT2D eigenvalue weighted by molar-refractivity contribution is 0.396. The second-order valence-corrected chi connectivity index (χ2v) is 4.24. The minimum atomic E-state index is 0.520. The van der Waals surface area contributed by atoms with E-state index in [1.165, 1.54) is 16.7 Å². The highest BCUT2D eigenvalue weighted by Crippen LogP contribution is 2.25. The molecule has 1 heterocycles. The van der Waals surface area contributed by atoms with Gasteiger partial charge in [0.2, 0.25) is 0 Å². The quantitative estimate of drug-likeness (QED) is 0.706. The van der Waals surface area contributed by atoms with E-state index in [-0.39, 0.29) is 0 Å². The van der Waals surface area contributed by atoms with Gasteiger partial charge in [0.25, 0.3) is 0 Å². The number of epoxide rings is 1. The van der Waals surface area contributed by atoms with E-state index in [1.54, 1.807) is 7.11 Å². The highest BCUT2D eigenvalue weighted by molar-refractivity contribution is 5.41. The number of methoxy groups -OCH3 is 1. The maximum atomic E-state index is 5.29. The van der Waals surface area contributed by atoms with Crippen LogP contribution in [0.1, 0.15) is 23.1 Å². The summed E-state index contributed by atoms with van der Waals surface area (Å²) in [7, 11) is 1.72. The average molecular weight is 206 g/mol. The van der Waals surface area contributed by atoms with Crippen LogP contribution in [0.25, 0.3) is 0 Å². The first kappa shape index (κ1) is 10.5. The Labute approximate surface area is 91.2 Å². The van der Waals surface area contributed by atoms with Crippen LogP contribution in [-0.2, 0) is 11.2 Å². The Morgan fingerprint density at radius 2 is 2.07 bits per heavy atom. The monoisotopic (exact) mass is 206 g/mol. The molecule has 0 saturated carbocycles. The molecule has 82 valence electrons. The van der Waals surface area contributed by atoms with E-state index < -0.39 is 0 Å². The molecular weight excluding hydrogens is 188 g/mol. The van der Waals surface area contributed by atoms with Crippen molar-refractivity contribution < 1.29 is 9.47 Å². The maximum absolute atomic E-state index is 5.29. The fraction of sp³-hybridized carbons (Fsp3) is 0.538. The summed E-state index contributed by atoms with van der Waals surface area (Å²) in [4.78, 5) is 0. The molecule has 0 aromatic heterocycles. The third kappa shape index (κ3) is 2.51. The van der Waals surface area contributed by atoms with Crippen molar-refractivity contribution >= 4 is 0 Å². The Kier molecular flexibility index (Phi) is 2.96. The van der Waals surface area contributed by atoms with Gasteiger partial charge in [0.05, 0.1) is 19.8 Å². The van der Waals surface area contributed by atoms with Crippen LogP contribution >= 0.6 is 0 Å². The molecule has 1 aromatic carbocycles. The third-order valence-electron chi connectivity index (χ3n) is 2.99. The molecule has 0 amide bonds. The normalized spacial score (nSPS) is 19.0. The van der Waals surface area contributed by atoms with Crippen LogP contribution in [0.2, 0.25) is 0 Å². The molecule has 0 spiro atoms. The minimum Gasteiger partial charge on any atom is -0.496 e. The topological polar surface area (TPSA) is 21.8 Å². The van der Waals surface area contributed by atoms with Crippen molar-refractivity contribution in [3.63, 3.8) is 0 Å². The number of hydrogen-bond acceptors (Lipinski definition) is 2. The number of hydrogen-bond donors (Lipinski definition) is 0. The molecule has 1 aliphatic heterocycles. The van der Waals surface area contributed by atoms with E-state index in [0.717, 1.165) is 25.2 Å². The Hall–Kier alpha value is -1.02. The molecule has 15 heavy (non-hydrogen) atoms. The summed E-state index contributed by atoms with van der Waals surface area (Å²) >= 11 is 0. The van der Waals surface area contributed by atoms with E-state index in [9.17, 15) is 0 Å². The Bertz CT molecular complexity index is 354. The van der Waals surface area contributed by atoms with Crippen molar-refractivity contribution in [3.05, 3.63) is 28.8 Å². The highest BCUT2D eigenvalue weighted by atomic mass is 16.6. The van der Waals surface area contributed by atoms with Crippen molar-refractivity contribution in [2.24, 2.45) is 0 Å². The molecular formula is C13H18O2. The van der Waals surface area contributed by atoms with E-state index in [0.29, 0.717) is 6.10 Å². The summed E-state index contributed by atoms with van der Waals surface area (Å²) in [6, 6.07) is 4.36. The molecule has 0 aliphatic carbocycles. The molecule has 1 fully saturated rings. The number of rotatable bonds is 4. The number of benzene rings is 1. The molecule has 1 saturated heterocycles. The van der Waals surface area contributed by atoms with Crippen molar-refractivity contribution in [2.45, 2.75) is 32.8 Å². The standard InChI is InChI=1S/C13H18O2/c1-9-7-13(14-3)10(2)6-11(9)4-5-12-8-15-12/h6-7,12H,4-5,8H2,1-3H3. The van der Waals surface area contributed by atoms with Crippen molar-refractivity contribution in [1.82, 2.24) is 0 Å². The second kappa shape index (κ2) is 4.23. The molecule has 1 aromatic rings. The van der Waals surface area contributed by atoms with Crippen molar-refractivity contribution in [2.75, 3.05) is 13.7 Å². The largest absolute Gasteiger partial charge is 0.496 e. The zero-order chi connectivity index (χ0) is 10.8. The van der Waals surface area contributed by atoms with Gasteiger partial charge < -0.3 is 9.47 Å². The molecule has 0 N–H and O–H groups in total. The summed E-state index contributed by atoms with van der Waals surface area (Å²) in [6.45, 7) is 5.19. The lowest BCUT2D eigenvalue weighted by Gasteiger charge is -2.10. The molecule has 1 aliphatic rings. The lowest BCUT2D eigenvalue weighted by atomic mass is 10.00. The van der Waals surface area contributed by atoms with E-state index in [4.69, 9.17) is 9.47 Å². The van der Waals surface area contributed by atoms with Gasteiger partial charge in [-0.1, -0.05) is 6.07 Å². The zero-order valence-corrected chi connectivity index (χ0v) is 9.67. The van der Waals surface area contributed by atoms with Crippen molar-refractivity contribution in [1.29, 1.82) is 0 Å². The Morgan fingerprint density at radius 3 is 2.67 bits per heavy atom. The van der Waals surface area contributed by atoms with Gasteiger partial charge in [-0.05, 0) is 49.4 Å². The van der Waals surface area contributed by atoms with Crippen molar-refractivity contribution in [3.8, 4) is 5.75 Å². The maximum Gasteiger partial charge on any atom is 0.122 e. The predicted molar refractivity (Wildman–Crippen MR) is 60.5 cm³/mol. The Morgan fingerprint density at radius 1 is 1.33 bits per heavy atom. The molecule has 0 radical (unpaired) electrons. The van der Waals surface area contributed by atoms with Crippen LogP contribution in [0, 0.1) is 13.8 Å². The van der Waals surface area contributed by atoms with Gasteiger partial charge in [-0.3, -0.25) is 0 Å². The summed E-state index contributed by atoms with van der Waals surface area (Å²) in [5.74, 6) is 0.985. The van der Waals surface area contributed by atoms with E-state index in [2.05, 4.69) is 26.0 Å². The highest BCUT2D eigenvalue weighted by Gasteiger charge is 2.22. The van der Waals surface area contributed by atoms with Gasteiger partial charge in [0.15, 0.2) is 0 Å². The van der Waals surface area contributed by atoms with Gasteiger partial charge in [-0.15, -0.1) is 0 Å². The molecule has 1 atom stereocenters. The SMILES string of the molecule is COc1cc(C)c(CCC2CO2)cc1C. The molecule has 2 rings (SSSR count). The van der Waals surface area contributed by atoms with E-state index >= 15 is 0 Å². The first-order valence-electron chi connectivity index (χ1n) is 5.46. The van der Waals surface area contributed by atoms with Crippen LogP contribution < -0.4 is 4.74 Å². The van der Waals surface area contributed by atoms with Crippen LogP contribution in [0.3, 0.4) is 0 Å². The fourth-order valence-electron chi connectivity index (χ4n) is 1.89. The summed E-state index contributed by atoms with van der Waals surface area (Å²) < 4.78 is 10.5. The number of aryl methyl sites for hydroxylation is 3. The minimum absolute atomic E-state index is 0.520. The molecule has 0 bridgehead atoms. The fourth-order valence-corrected chi connectivity index (χ4v) is 1.89. The average Bonchev–Trinajstić information content (AvgIpc) is 3.02. The summed E-state index contributed by atoms with van der Waals surface area (Å²) in [5, 5.41) is 0. The Balaban J connectivity index is 2.11. The second-order valence-electron chi connectivity index (χ2n) is 4.24. The van der Waals surface area contributed by atoms with Gasteiger partial charge in [-0.25, -0.2) is 0 Å². The smallest absolute Gasteiger partial charge is 0.122 e. The predicted octanol–water partition coefficient (Wildman–Crippen LogP) is 2.64. The molecule has 2 nitrogen and oxygen atoms in total. The summed E-state index contributed by atoms with van der Waals surface area (Å²) in [5.41, 5.74) is 3.96. The van der Waals surface area contributed by atoms with Crippen LogP contribution in [0.5, 0.6) is 5.75 Å². The first-order chi connectivity index (χ1) is 7.20.